The molecule has 152 valence electrons. The first kappa shape index (κ1) is 20.2. The molecule has 1 atom stereocenters. The molecule has 0 saturated heterocycles. The molecule has 2 aromatic heterocycles. The van der Waals surface area contributed by atoms with E-state index in [0.29, 0.717) is 5.16 Å². The molecular weight excluding hydrogens is 402 g/mol. The number of thiophene rings is 1. The van der Waals surface area contributed by atoms with Crippen LogP contribution in [-0.4, -0.2) is 20.7 Å². The number of fused-ring (bicyclic) bond motifs is 3. The number of anilines is 1. The molecule has 1 N–H and O–H groups in total. The summed E-state index contributed by atoms with van der Waals surface area (Å²) in [6, 6.07) is 4.13. The van der Waals surface area contributed by atoms with Crippen LogP contribution in [0.25, 0.3) is 10.2 Å². The van der Waals surface area contributed by atoms with Crippen LogP contribution in [0.5, 0.6) is 0 Å². The Morgan fingerprint density at radius 1 is 1.24 bits per heavy atom. The quantitative estimate of drug-likeness (QED) is 0.491. The maximum absolute atomic E-state index is 12.9. The first-order valence-corrected chi connectivity index (χ1v) is 11.5. The molecule has 7 heteroatoms. The van der Waals surface area contributed by atoms with Crippen LogP contribution in [0.1, 0.15) is 40.5 Å². The highest BCUT2D eigenvalue weighted by atomic mass is 32.2. The molecule has 0 radical (unpaired) electrons. The second-order valence-corrected chi connectivity index (χ2v) is 10.2. The van der Waals surface area contributed by atoms with Gasteiger partial charge in [0, 0.05) is 17.6 Å². The van der Waals surface area contributed by atoms with Gasteiger partial charge in [0.05, 0.1) is 10.6 Å². The van der Waals surface area contributed by atoms with Gasteiger partial charge in [-0.2, -0.15) is 0 Å². The second kappa shape index (κ2) is 7.61. The Labute approximate surface area is 178 Å². The number of carbonyl (C=O) groups is 1. The third-order valence-electron chi connectivity index (χ3n) is 5.48. The standard InChI is InChI=1S/C22H25N3O2S2/c1-11-9-12(2)18(13(3)10-11)23-19(26)14(4)28-22-24-20-17(21(27)25(22)5)15-7-6-8-16(15)29-20/h9-10,14H,6-8H2,1-5H3,(H,23,26). The van der Waals surface area contributed by atoms with E-state index in [1.165, 1.54) is 27.8 Å². The van der Waals surface area contributed by atoms with Crippen LogP contribution in [-0.2, 0) is 24.7 Å². The van der Waals surface area contributed by atoms with E-state index in [0.717, 1.165) is 46.3 Å². The van der Waals surface area contributed by atoms with Gasteiger partial charge in [-0.3, -0.25) is 14.2 Å². The first-order chi connectivity index (χ1) is 13.8. The van der Waals surface area contributed by atoms with Crippen molar-refractivity contribution in [1.29, 1.82) is 0 Å². The van der Waals surface area contributed by atoms with Crippen molar-refractivity contribution in [2.75, 3.05) is 5.32 Å². The molecule has 3 aromatic rings. The van der Waals surface area contributed by atoms with Gasteiger partial charge in [-0.1, -0.05) is 29.5 Å². The number of aromatic nitrogens is 2. The SMILES string of the molecule is Cc1cc(C)c(NC(=O)C(C)Sc2nc3sc4c(c3c(=O)n2C)CCC4)c(C)c1. The molecule has 1 amide bonds. The predicted molar refractivity (Wildman–Crippen MR) is 121 cm³/mol. The molecule has 1 unspecified atom stereocenters. The Balaban J connectivity index is 1.59. The number of thioether (sulfide) groups is 1. The van der Waals surface area contributed by atoms with E-state index in [4.69, 9.17) is 4.98 Å². The van der Waals surface area contributed by atoms with Crippen LogP contribution in [0.4, 0.5) is 5.69 Å². The molecule has 0 spiro atoms. The first-order valence-electron chi connectivity index (χ1n) is 9.83. The number of nitrogens with zero attached hydrogens (tertiary/aromatic N) is 2. The molecule has 2 heterocycles. The number of hydrogen-bond acceptors (Lipinski definition) is 5. The second-order valence-electron chi connectivity index (χ2n) is 7.82. The largest absolute Gasteiger partial charge is 0.325 e. The fourth-order valence-corrected chi connectivity index (χ4v) is 6.20. The monoisotopic (exact) mass is 427 g/mol. The molecule has 1 aromatic carbocycles. The van der Waals surface area contributed by atoms with E-state index in [1.807, 2.05) is 27.7 Å². The molecule has 0 saturated carbocycles. The number of rotatable bonds is 4. The van der Waals surface area contributed by atoms with Crippen molar-refractivity contribution in [2.24, 2.45) is 7.05 Å². The van der Waals surface area contributed by atoms with Crippen molar-refractivity contribution in [3.8, 4) is 0 Å². The Kier molecular flexibility index (Phi) is 5.29. The van der Waals surface area contributed by atoms with E-state index in [-0.39, 0.29) is 16.7 Å². The van der Waals surface area contributed by atoms with Crippen molar-refractivity contribution in [2.45, 2.75) is 57.4 Å². The molecular formula is C22H25N3O2S2. The van der Waals surface area contributed by atoms with Crippen LogP contribution >= 0.6 is 23.1 Å². The average Bonchev–Trinajstić information content (AvgIpc) is 3.22. The van der Waals surface area contributed by atoms with Gasteiger partial charge in [-0.25, -0.2) is 4.98 Å². The minimum atomic E-state index is -0.377. The van der Waals surface area contributed by atoms with E-state index in [2.05, 4.69) is 17.4 Å². The normalized spacial score (nSPS) is 14.2. The van der Waals surface area contributed by atoms with E-state index < -0.39 is 0 Å². The van der Waals surface area contributed by atoms with Crippen LogP contribution in [0.2, 0.25) is 0 Å². The van der Waals surface area contributed by atoms with Gasteiger partial charge in [0.2, 0.25) is 5.91 Å². The van der Waals surface area contributed by atoms with Crippen LogP contribution in [0.15, 0.2) is 22.1 Å². The van der Waals surface area contributed by atoms with Crippen molar-refractivity contribution in [3.63, 3.8) is 0 Å². The Morgan fingerprint density at radius 2 is 1.93 bits per heavy atom. The molecule has 0 aliphatic heterocycles. The Morgan fingerprint density at radius 3 is 2.62 bits per heavy atom. The summed E-state index contributed by atoms with van der Waals surface area (Å²) >= 11 is 2.96. The molecule has 1 aliphatic carbocycles. The van der Waals surface area contributed by atoms with Crippen molar-refractivity contribution < 1.29 is 4.79 Å². The van der Waals surface area contributed by atoms with Gasteiger partial charge in [0.25, 0.3) is 5.56 Å². The Hall–Kier alpha value is -2.12. The lowest BCUT2D eigenvalue weighted by Crippen LogP contribution is -2.26. The summed E-state index contributed by atoms with van der Waals surface area (Å²) in [6.07, 6.45) is 3.12. The number of carbonyl (C=O) groups excluding carboxylic acids is 1. The lowest BCUT2D eigenvalue weighted by Gasteiger charge is -2.16. The summed E-state index contributed by atoms with van der Waals surface area (Å²) in [5.41, 5.74) is 5.32. The molecule has 29 heavy (non-hydrogen) atoms. The maximum atomic E-state index is 12.9. The molecule has 0 fully saturated rings. The van der Waals surface area contributed by atoms with E-state index in [1.54, 1.807) is 23.0 Å². The zero-order valence-corrected chi connectivity index (χ0v) is 19.0. The number of hydrogen-bond donors (Lipinski definition) is 1. The number of aryl methyl sites for hydroxylation is 5. The summed E-state index contributed by atoms with van der Waals surface area (Å²) in [7, 11) is 1.75. The summed E-state index contributed by atoms with van der Waals surface area (Å²) in [5, 5.41) is 4.04. The third kappa shape index (κ3) is 3.62. The average molecular weight is 428 g/mol. The zero-order valence-electron chi connectivity index (χ0n) is 17.4. The molecule has 4 rings (SSSR count). The minimum absolute atomic E-state index is 0.00488. The number of benzene rings is 1. The third-order valence-corrected chi connectivity index (χ3v) is 7.81. The van der Waals surface area contributed by atoms with Gasteiger partial charge in [-0.05, 0) is 63.6 Å². The number of nitrogens with one attached hydrogen (secondary N) is 1. The lowest BCUT2D eigenvalue weighted by atomic mass is 10.1. The summed E-state index contributed by atoms with van der Waals surface area (Å²) in [5.74, 6) is -0.0897. The van der Waals surface area contributed by atoms with Crippen LogP contribution in [0.3, 0.4) is 0 Å². The zero-order chi connectivity index (χ0) is 20.9. The van der Waals surface area contributed by atoms with Crippen molar-refractivity contribution >= 4 is 44.9 Å². The highest BCUT2D eigenvalue weighted by molar-refractivity contribution is 8.00. The smallest absolute Gasteiger partial charge is 0.262 e. The highest BCUT2D eigenvalue weighted by Gasteiger charge is 2.24. The molecule has 5 nitrogen and oxygen atoms in total. The predicted octanol–water partition coefficient (Wildman–Crippen LogP) is 4.53. The van der Waals surface area contributed by atoms with Gasteiger partial charge in [0.15, 0.2) is 5.16 Å². The molecule has 1 aliphatic rings. The van der Waals surface area contributed by atoms with Crippen molar-refractivity contribution in [3.05, 3.63) is 49.6 Å². The van der Waals surface area contributed by atoms with Crippen LogP contribution < -0.4 is 10.9 Å². The van der Waals surface area contributed by atoms with Gasteiger partial charge in [-0.15, -0.1) is 11.3 Å². The highest BCUT2D eigenvalue weighted by Crippen LogP contribution is 2.36. The summed E-state index contributed by atoms with van der Waals surface area (Å²) in [4.78, 5) is 32.6. The fraction of sp³-hybridized carbons (Fsp3) is 0.409. The van der Waals surface area contributed by atoms with Gasteiger partial charge >= 0.3 is 0 Å². The fourth-order valence-electron chi connectivity index (χ4n) is 4.02. The minimum Gasteiger partial charge on any atom is -0.325 e. The van der Waals surface area contributed by atoms with E-state index >= 15 is 0 Å². The van der Waals surface area contributed by atoms with Crippen molar-refractivity contribution in [1.82, 2.24) is 9.55 Å². The maximum Gasteiger partial charge on any atom is 0.262 e. The summed E-state index contributed by atoms with van der Waals surface area (Å²) in [6.45, 7) is 7.90. The van der Waals surface area contributed by atoms with Gasteiger partial charge in [0.1, 0.15) is 4.83 Å². The van der Waals surface area contributed by atoms with Crippen LogP contribution in [0, 0.1) is 20.8 Å². The summed E-state index contributed by atoms with van der Waals surface area (Å²) < 4.78 is 1.59. The topological polar surface area (TPSA) is 64.0 Å². The molecule has 0 bridgehead atoms. The lowest BCUT2D eigenvalue weighted by molar-refractivity contribution is -0.115. The van der Waals surface area contributed by atoms with Gasteiger partial charge < -0.3 is 5.32 Å². The Bertz CT molecular complexity index is 1170. The van der Waals surface area contributed by atoms with E-state index in [9.17, 15) is 9.59 Å². The number of amides is 1.